The van der Waals surface area contributed by atoms with Crippen molar-refractivity contribution in [2.45, 2.75) is 0 Å². The minimum Gasteiger partial charge on any atom is -0.459 e. The summed E-state index contributed by atoms with van der Waals surface area (Å²) in [5.74, 6) is -0.258. The van der Waals surface area contributed by atoms with Crippen LogP contribution in [0.4, 0.5) is 5.82 Å². The van der Waals surface area contributed by atoms with Gasteiger partial charge in [-0.1, -0.05) is 0 Å². The van der Waals surface area contributed by atoms with Gasteiger partial charge >= 0.3 is 0 Å². The molecular weight excluding hydrogens is 362 g/mol. The molecule has 26 heavy (non-hydrogen) atoms. The van der Waals surface area contributed by atoms with E-state index in [9.17, 15) is 18.0 Å². The Morgan fingerprint density at radius 3 is 2.50 bits per heavy atom. The number of sulfonamides is 1. The minimum atomic E-state index is -3.26. The molecule has 0 radical (unpaired) electrons. The van der Waals surface area contributed by atoms with Crippen LogP contribution in [0.5, 0.6) is 0 Å². The van der Waals surface area contributed by atoms with E-state index >= 15 is 0 Å². The van der Waals surface area contributed by atoms with Gasteiger partial charge < -0.3 is 14.6 Å². The van der Waals surface area contributed by atoms with Crippen molar-refractivity contribution in [1.82, 2.24) is 19.0 Å². The molecule has 0 saturated carbocycles. The lowest BCUT2D eigenvalue weighted by molar-refractivity contribution is 0.0691. The van der Waals surface area contributed by atoms with Crippen molar-refractivity contribution in [1.29, 1.82) is 0 Å². The summed E-state index contributed by atoms with van der Waals surface area (Å²) >= 11 is 0. The highest BCUT2D eigenvalue weighted by Crippen LogP contribution is 2.15. The molecule has 1 N–H and O–H groups in total. The molecule has 0 aliphatic carbocycles. The highest BCUT2D eigenvalue weighted by atomic mass is 32.2. The van der Waals surface area contributed by atoms with Crippen molar-refractivity contribution in [3.05, 3.63) is 35.9 Å². The number of aromatic nitrogens is 2. The second-order valence-electron chi connectivity index (χ2n) is 5.92. The van der Waals surface area contributed by atoms with E-state index in [1.165, 1.54) is 27.4 Å². The molecule has 3 heterocycles. The number of hydrogen-bond donors (Lipinski definition) is 1. The van der Waals surface area contributed by atoms with Crippen LogP contribution in [-0.4, -0.2) is 71.7 Å². The number of nitrogens with zero attached hydrogens (tertiary/aromatic N) is 4. The van der Waals surface area contributed by atoms with E-state index in [1.807, 2.05) is 0 Å². The maximum Gasteiger partial charge on any atom is 0.292 e. The van der Waals surface area contributed by atoms with E-state index in [-0.39, 0.29) is 43.5 Å². The van der Waals surface area contributed by atoms with Crippen molar-refractivity contribution < 1.29 is 22.4 Å². The quantitative estimate of drug-likeness (QED) is 0.795. The number of rotatable bonds is 4. The topological polar surface area (TPSA) is 118 Å². The second-order valence-corrected chi connectivity index (χ2v) is 7.91. The molecule has 0 spiro atoms. The summed E-state index contributed by atoms with van der Waals surface area (Å²) in [6, 6.07) is 4.61. The number of hydrogen-bond acceptors (Lipinski definition) is 6. The summed E-state index contributed by atoms with van der Waals surface area (Å²) in [5.41, 5.74) is 0.176. The third-order valence-electron chi connectivity index (χ3n) is 4.08. The van der Waals surface area contributed by atoms with Crippen LogP contribution in [0.3, 0.4) is 0 Å². The van der Waals surface area contributed by atoms with Crippen LogP contribution >= 0.6 is 0 Å². The predicted octanol–water partition coefficient (Wildman–Crippen LogP) is -0.0172. The van der Waals surface area contributed by atoms with Gasteiger partial charge in [-0.25, -0.2) is 8.42 Å². The van der Waals surface area contributed by atoms with Crippen LogP contribution in [0.15, 0.2) is 28.9 Å². The monoisotopic (exact) mass is 381 g/mol. The Hall–Kier alpha value is -2.66. The molecule has 2 aromatic rings. The first-order chi connectivity index (χ1) is 12.3. The summed E-state index contributed by atoms with van der Waals surface area (Å²) < 4.78 is 30.8. The minimum absolute atomic E-state index is 0.149. The Kier molecular flexibility index (Phi) is 4.83. The van der Waals surface area contributed by atoms with Gasteiger partial charge in [-0.3, -0.25) is 14.3 Å². The van der Waals surface area contributed by atoms with Crippen molar-refractivity contribution >= 4 is 27.7 Å². The van der Waals surface area contributed by atoms with E-state index < -0.39 is 15.9 Å². The van der Waals surface area contributed by atoms with Gasteiger partial charge in [-0.05, 0) is 12.1 Å². The number of aryl methyl sites for hydroxylation is 1. The van der Waals surface area contributed by atoms with Crippen molar-refractivity contribution in [2.75, 3.05) is 37.8 Å². The largest absolute Gasteiger partial charge is 0.459 e. The molecule has 0 unspecified atom stereocenters. The molecule has 0 bridgehead atoms. The van der Waals surface area contributed by atoms with E-state index in [0.717, 1.165) is 6.26 Å². The van der Waals surface area contributed by atoms with Crippen molar-refractivity contribution in [3.8, 4) is 0 Å². The lowest BCUT2D eigenvalue weighted by Gasteiger charge is -2.32. The Labute approximate surface area is 150 Å². The Morgan fingerprint density at radius 1 is 1.23 bits per heavy atom. The molecule has 0 atom stereocenters. The molecule has 140 valence electrons. The van der Waals surface area contributed by atoms with E-state index in [4.69, 9.17) is 4.42 Å². The summed E-state index contributed by atoms with van der Waals surface area (Å²) in [5, 5.41) is 6.76. The maximum atomic E-state index is 12.6. The van der Waals surface area contributed by atoms with Gasteiger partial charge in [-0.15, -0.1) is 0 Å². The molecule has 1 saturated heterocycles. The number of amides is 2. The molecular formula is C15H19N5O5S. The van der Waals surface area contributed by atoms with Gasteiger partial charge in [-0.2, -0.15) is 9.40 Å². The smallest absolute Gasteiger partial charge is 0.292 e. The molecule has 1 aliphatic rings. The SMILES string of the molecule is Cn1nc(C(=O)N2CCN(S(C)(=O)=O)CC2)cc1NC(=O)c1ccco1. The van der Waals surface area contributed by atoms with Crippen molar-refractivity contribution in [2.24, 2.45) is 7.05 Å². The highest BCUT2D eigenvalue weighted by Gasteiger charge is 2.28. The van der Waals surface area contributed by atoms with Gasteiger partial charge in [0, 0.05) is 39.3 Å². The number of carbonyl (C=O) groups is 2. The third kappa shape index (κ3) is 3.78. The molecule has 1 aliphatic heterocycles. The van der Waals surface area contributed by atoms with E-state index in [2.05, 4.69) is 10.4 Å². The van der Waals surface area contributed by atoms with Crippen LogP contribution in [0.25, 0.3) is 0 Å². The molecule has 11 heteroatoms. The number of carbonyl (C=O) groups excluding carboxylic acids is 2. The first-order valence-corrected chi connectivity index (χ1v) is 9.74. The lowest BCUT2D eigenvalue weighted by Crippen LogP contribution is -2.50. The Bertz CT molecular complexity index is 910. The number of furan rings is 1. The van der Waals surface area contributed by atoms with Crippen LogP contribution in [0, 0.1) is 0 Å². The molecule has 3 rings (SSSR count). The summed E-state index contributed by atoms with van der Waals surface area (Å²) in [6.07, 6.45) is 2.54. The average Bonchev–Trinajstić information content (AvgIpc) is 3.24. The molecule has 2 amide bonds. The van der Waals surface area contributed by atoms with Gasteiger partial charge in [0.15, 0.2) is 11.5 Å². The zero-order valence-corrected chi connectivity index (χ0v) is 15.2. The average molecular weight is 381 g/mol. The number of nitrogens with one attached hydrogen (secondary N) is 1. The fourth-order valence-electron chi connectivity index (χ4n) is 2.66. The highest BCUT2D eigenvalue weighted by molar-refractivity contribution is 7.88. The number of anilines is 1. The zero-order chi connectivity index (χ0) is 18.9. The van der Waals surface area contributed by atoms with Gasteiger partial charge in [0.2, 0.25) is 10.0 Å². The van der Waals surface area contributed by atoms with Gasteiger partial charge in [0.1, 0.15) is 5.82 Å². The Balaban J connectivity index is 1.67. The molecule has 10 nitrogen and oxygen atoms in total. The summed E-state index contributed by atoms with van der Waals surface area (Å²) in [4.78, 5) is 26.2. The first-order valence-electron chi connectivity index (χ1n) is 7.89. The lowest BCUT2D eigenvalue weighted by atomic mass is 10.3. The molecule has 1 fully saturated rings. The maximum absolute atomic E-state index is 12.6. The fraction of sp³-hybridized carbons (Fsp3) is 0.400. The van der Waals surface area contributed by atoms with Crippen LogP contribution in [0.2, 0.25) is 0 Å². The Morgan fingerprint density at radius 2 is 1.92 bits per heavy atom. The van der Waals surface area contributed by atoms with Gasteiger partial charge in [0.25, 0.3) is 11.8 Å². The third-order valence-corrected chi connectivity index (χ3v) is 5.38. The summed E-state index contributed by atoms with van der Waals surface area (Å²) in [6.45, 7) is 1.08. The first kappa shape index (κ1) is 18.1. The van der Waals surface area contributed by atoms with Crippen LogP contribution in [-0.2, 0) is 17.1 Å². The molecule has 2 aromatic heterocycles. The zero-order valence-electron chi connectivity index (χ0n) is 14.4. The standard InChI is InChI=1S/C15H19N5O5S/c1-18-13(16-14(21)12-4-3-9-25-12)10-11(17-18)15(22)19-5-7-20(8-6-19)26(2,23)24/h3-4,9-10H,5-8H2,1-2H3,(H,16,21). The van der Waals surface area contributed by atoms with Crippen LogP contribution < -0.4 is 5.32 Å². The van der Waals surface area contributed by atoms with Crippen molar-refractivity contribution in [3.63, 3.8) is 0 Å². The predicted molar refractivity (Wildman–Crippen MR) is 92.2 cm³/mol. The van der Waals surface area contributed by atoms with Crippen LogP contribution in [0.1, 0.15) is 21.0 Å². The van der Waals surface area contributed by atoms with Gasteiger partial charge in [0.05, 0.1) is 12.5 Å². The second kappa shape index (κ2) is 6.92. The normalized spacial score (nSPS) is 15.8. The fourth-order valence-corrected chi connectivity index (χ4v) is 3.49. The number of piperazine rings is 1. The van der Waals surface area contributed by atoms with E-state index in [0.29, 0.717) is 5.82 Å². The molecule has 0 aromatic carbocycles. The van der Waals surface area contributed by atoms with E-state index in [1.54, 1.807) is 18.0 Å². The summed E-state index contributed by atoms with van der Waals surface area (Å²) in [7, 11) is -1.65.